The molecule has 2 heterocycles. The lowest BCUT2D eigenvalue weighted by Gasteiger charge is -2.07. The minimum Gasteiger partial charge on any atom is -0.266 e. The maximum Gasteiger partial charge on any atom is 0.290 e. The first-order valence-corrected chi connectivity index (χ1v) is 9.40. The van der Waals surface area contributed by atoms with Crippen molar-refractivity contribution in [3.05, 3.63) is 101 Å². The highest BCUT2D eigenvalue weighted by atomic mass is 32.1. The highest BCUT2D eigenvalue weighted by Crippen LogP contribution is 2.20. The number of hydrazone groups is 1. The van der Waals surface area contributed by atoms with Crippen molar-refractivity contribution in [3.8, 4) is 10.7 Å². The van der Waals surface area contributed by atoms with E-state index < -0.39 is 0 Å². The van der Waals surface area contributed by atoms with E-state index in [1.54, 1.807) is 24.0 Å². The maximum atomic E-state index is 12.5. The van der Waals surface area contributed by atoms with Gasteiger partial charge in [-0.2, -0.15) is 5.10 Å². The van der Waals surface area contributed by atoms with Gasteiger partial charge in [-0.25, -0.2) is 10.4 Å². The summed E-state index contributed by atoms with van der Waals surface area (Å²) in [6.45, 7) is 0. The Balaban J connectivity index is 1.59. The van der Waals surface area contributed by atoms with Gasteiger partial charge in [-0.05, 0) is 0 Å². The number of carbonyl (C=O) groups excluding carboxylic acids is 1. The topological polar surface area (TPSA) is 80.1 Å². The summed E-state index contributed by atoms with van der Waals surface area (Å²) in [5.41, 5.74) is 6.03. The lowest BCUT2D eigenvalue weighted by atomic mass is 10.0. The molecule has 2 aromatic carbocycles. The van der Waals surface area contributed by atoms with Crippen LogP contribution in [0.25, 0.3) is 10.7 Å². The fraction of sp³-hybridized carbons (Fsp3) is 0. The smallest absolute Gasteiger partial charge is 0.266 e. The van der Waals surface area contributed by atoms with Crippen molar-refractivity contribution >= 4 is 23.0 Å². The van der Waals surface area contributed by atoms with Gasteiger partial charge in [-0.1, -0.05) is 60.7 Å². The van der Waals surface area contributed by atoms with Gasteiger partial charge in [0.1, 0.15) is 16.4 Å². The summed E-state index contributed by atoms with van der Waals surface area (Å²) >= 11 is 1.34. The van der Waals surface area contributed by atoms with Crippen molar-refractivity contribution < 1.29 is 4.79 Å². The van der Waals surface area contributed by atoms with Crippen LogP contribution in [0.4, 0.5) is 0 Å². The summed E-state index contributed by atoms with van der Waals surface area (Å²) in [5.74, 6) is -0.379. The average Bonchev–Trinajstić information content (AvgIpc) is 3.26. The van der Waals surface area contributed by atoms with E-state index in [1.807, 2.05) is 60.7 Å². The summed E-state index contributed by atoms with van der Waals surface area (Å²) in [6, 6.07) is 19.4. The molecule has 6 nitrogen and oxygen atoms in total. The molecule has 0 bridgehead atoms. The lowest BCUT2D eigenvalue weighted by Crippen LogP contribution is -2.21. The van der Waals surface area contributed by atoms with Crippen molar-refractivity contribution in [2.24, 2.45) is 5.10 Å². The molecule has 0 atom stereocenters. The van der Waals surface area contributed by atoms with Crippen molar-refractivity contribution in [1.29, 1.82) is 0 Å². The SMILES string of the molecule is O=C(NN=C(c1ccccc1)c1ccccc1)c1csc(-c2cnccn2)n1. The van der Waals surface area contributed by atoms with E-state index in [4.69, 9.17) is 0 Å². The Morgan fingerprint density at radius 2 is 1.61 bits per heavy atom. The summed E-state index contributed by atoms with van der Waals surface area (Å²) < 4.78 is 0. The molecule has 7 heteroatoms. The third kappa shape index (κ3) is 3.99. The quantitative estimate of drug-likeness (QED) is 0.419. The van der Waals surface area contributed by atoms with Gasteiger partial charge in [0.2, 0.25) is 0 Å². The number of nitrogens with zero attached hydrogens (tertiary/aromatic N) is 4. The monoisotopic (exact) mass is 385 g/mol. The number of thiazole rings is 1. The Hall–Kier alpha value is -3.71. The zero-order valence-electron chi connectivity index (χ0n) is 14.7. The second kappa shape index (κ2) is 8.32. The van der Waals surface area contributed by atoms with Gasteiger partial charge in [-0.3, -0.25) is 14.8 Å². The molecule has 4 rings (SSSR count). The minimum atomic E-state index is -0.379. The Kier molecular flexibility index (Phi) is 5.26. The average molecular weight is 385 g/mol. The zero-order chi connectivity index (χ0) is 19.2. The van der Waals surface area contributed by atoms with E-state index in [-0.39, 0.29) is 11.6 Å². The molecule has 2 aromatic heterocycles. The Morgan fingerprint density at radius 3 is 2.21 bits per heavy atom. The first kappa shape index (κ1) is 17.7. The second-order valence-electron chi connectivity index (χ2n) is 5.76. The van der Waals surface area contributed by atoms with Gasteiger partial charge in [0.25, 0.3) is 5.91 Å². The summed E-state index contributed by atoms with van der Waals surface area (Å²) in [5, 5.41) is 6.69. The number of carbonyl (C=O) groups is 1. The normalized spacial score (nSPS) is 10.3. The fourth-order valence-electron chi connectivity index (χ4n) is 2.56. The summed E-state index contributed by atoms with van der Waals surface area (Å²) in [7, 11) is 0. The third-order valence-corrected chi connectivity index (χ3v) is 4.75. The molecule has 0 spiro atoms. The lowest BCUT2D eigenvalue weighted by molar-refractivity contribution is 0.0950. The van der Waals surface area contributed by atoms with Crippen LogP contribution in [-0.2, 0) is 0 Å². The number of hydrogen-bond acceptors (Lipinski definition) is 6. The van der Waals surface area contributed by atoms with Crippen LogP contribution in [0.15, 0.2) is 89.7 Å². The zero-order valence-corrected chi connectivity index (χ0v) is 15.5. The predicted octanol–water partition coefficient (Wildman–Crippen LogP) is 3.78. The second-order valence-corrected chi connectivity index (χ2v) is 6.62. The van der Waals surface area contributed by atoms with Crippen LogP contribution in [0.2, 0.25) is 0 Å². The Bertz CT molecular complexity index is 1050. The molecule has 0 radical (unpaired) electrons. The van der Waals surface area contributed by atoms with Gasteiger partial charge >= 0.3 is 0 Å². The molecule has 0 aliphatic rings. The summed E-state index contributed by atoms with van der Waals surface area (Å²) in [4.78, 5) is 25.1. The van der Waals surface area contributed by atoms with Crippen LogP contribution in [0.5, 0.6) is 0 Å². The molecule has 28 heavy (non-hydrogen) atoms. The maximum absolute atomic E-state index is 12.5. The van der Waals surface area contributed by atoms with Crippen LogP contribution in [0.3, 0.4) is 0 Å². The molecule has 1 amide bonds. The van der Waals surface area contributed by atoms with Crippen LogP contribution < -0.4 is 5.43 Å². The highest BCUT2D eigenvalue weighted by Gasteiger charge is 2.13. The molecular formula is C21H15N5OS. The molecule has 4 aromatic rings. The number of hydrogen-bond donors (Lipinski definition) is 1. The third-order valence-electron chi connectivity index (χ3n) is 3.88. The molecule has 136 valence electrons. The van der Waals surface area contributed by atoms with Gasteiger partial charge < -0.3 is 0 Å². The van der Waals surface area contributed by atoms with Crippen LogP contribution in [-0.4, -0.2) is 26.6 Å². The molecule has 0 fully saturated rings. The van der Waals surface area contributed by atoms with Gasteiger partial charge in [0, 0.05) is 28.9 Å². The van der Waals surface area contributed by atoms with Gasteiger partial charge in [-0.15, -0.1) is 11.3 Å². The van der Waals surface area contributed by atoms with Crippen LogP contribution >= 0.6 is 11.3 Å². The molecule has 0 aliphatic carbocycles. The van der Waals surface area contributed by atoms with E-state index >= 15 is 0 Å². The number of nitrogens with one attached hydrogen (secondary N) is 1. The summed E-state index contributed by atoms with van der Waals surface area (Å²) in [6.07, 6.45) is 4.79. The molecular weight excluding hydrogens is 370 g/mol. The molecule has 0 saturated carbocycles. The van der Waals surface area contributed by atoms with E-state index in [9.17, 15) is 4.79 Å². The number of amides is 1. The van der Waals surface area contributed by atoms with Crippen LogP contribution in [0, 0.1) is 0 Å². The van der Waals surface area contributed by atoms with E-state index in [1.165, 1.54) is 11.3 Å². The number of rotatable bonds is 5. The fourth-order valence-corrected chi connectivity index (χ4v) is 3.32. The molecule has 1 N–H and O–H groups in total. The number of aromatic nitrogens is 3. The highest BCUT2D eigenvalue weighted by molar-refractivity contribution is 7.13. The van der Waals surface area contributed by atoms with Crippen molar-refractivity contribution in [3.63, 3.8) is 0 Å². The molecule has 0 unspecified atom stereocenters. The number of benzene rings is 2. The minimum absolute atomic E-state index is 0.287. The van der Waals surface area contributed by atoms with E-state index in [0.29, 0.717) is 16.4 Å². The van der Waals surface area contributed by atoms with Gasteiger partial charge in [0.15, 0.2) is 0 Å². The predicted molar refractivity (Wildman–Crippen MR) is 109 cm³/mol. The first-order chi connectivity index (χ1) is 13.8. The van der Waals surface area contributed by atoms with Gasteiger partial charge in [0.05, 0.1) is 11.9 Å². The standard InChI is InChI=1S/C21H15N5OS/c27-20(18-14-28-21(24-18)17-13-22-11-12-23-17)26-25-19(15-7-3-1-4-8-15)16-9-5-2-6-10-16/h1-14H,(H,26,27). The molecule has 0 saturated heterocycles. The van der Waals surface area contributed by atoms with Crippen molar-refractivity contribution in [1.82, 2.24) is 20.4 Å². The van der Waals surface area contributed by atoms with E-state index in [0.717, 1.165) is 11.1 Å². The Labute approximate surface area is 165 Å². The van der Waals surface area contributed by atoms with E-state index in [2.05, 4.69) is 25.5 Å². The largest absolute Gasteiger partial charge is 0.290 e. The molecule has 0 aliphatic heterocycles. The van der Waals surface area contributed by atoms with Crippen molar-refractivity contribution in [2.45, 2.75) is 0 Å². The first-order valence-electron chi connectivity index (χ1n) is 8.52. The van der Waals surface area contributed by atoms with Crippen molar-refractivity contribution in [2.75, 3.05) is 0 Å². The Morgan fingerprint density at radius 1 is 0.929 bits per heavy atom. The van der Waals surface area contributed by atoms with Crippen LogP contribution in [0.1, 0.15) is 21.6 Å².